The Labute approximate surface area is 81.1 Å². The normalized spacial score (nSPS) is 34.6. The first-order valence-corrected chi connectivity index (χ1v) is 5.40. The minimum atomic E-state index is 0.861. The van der Waals surface area contributed by atoms with Crippen molar-refractivity contribution in [2.24, 2.45) is 0 Å². The van der Waals surface area contributed by atoms with E-state index in [0.717, 1.165) is 18.6 Å². The van der Waals surface area contributed by atoms with Crippen LogP contribution >= 0.6 is 0 Å². The summed E-state index contributed by atoms with van der Waals surface area (Å²) in [6.07, 6.45) is 2.71. The second-order valence-corrected chi connectivity index (χ2v) is 4.43. The zero-order chi connectivity index (χ0) is 9.26. The smallest absolute Gasteiger partial charge is 0.0239 e. The lowest BCUT2D eigenvalue weighted by molar-refractivity contribution is 0.148. The van der Waals surface area contributed by atoms with Gasteiger partial charge in [-0.3, -0.25) is 4.90 Å². The first-order chi connectivity index (χ1) is 6.31. The molecule has 0 radical (unpaired) electrons. The third-order valence-corrected chi connectivity index (χ3v) is 3.50. The molecule has 2 aliphatic rings. The number of nitrogens with one attached hydrogen (secondary N) is 1. The van der Waals surface area contributed by atoms with E-state index in [-0.39, 0.29) is 0 Å². The topological polar surface area (TPSA) is 18.5 Å². The summed E-state index contributed by atoms with van der Waals surface area (Å²) in [7, 11) is 4.29. The summed E-state index contributed by atoms with van der Waals surface area (Å²) in [5.74, 6) is 0. The average molecular weight is 183 g/mol. The summed E-state index contributed by atoms with van der Waals surface area (Å²) in [5, 5.41) is 3.21. The van der Waals surface area contributed by atoms with E-state index in [2.05, 4.69) is 22.2 Å². The van der Waals surface area contributed by atoms with Gasteiger partial charge in [0, 0.05) is 25.2 Å². The van der Waals surface area contributed by atoms with E-state index in [4.69, 9.17) is 0 Å². The van der Waals surface area contributed by atoms with Crippen LogP contribution in [0.1, 0.15) is 12.8 Å². The zero-order valence-electron chi connectivity index (χ0n) is 8.79. The third kappa shape index (κ3) is 1.87. The lowest BCUT2D eigenvalue weighted by Crippen LogP contribution is -2.45. The van der Waals surface area contributed by atoms with Gasteiger partial charge in [0.25, 0.3) is 0 Å². The van der Waals surface area contributed by atoms with Crippen molar-refractivity contribution in [1.29, 1.82) is 0 Å². The van der Waals surface area contributed by atoms with Gasteiger partial charge in [0.15, 0.2) is 0 Å². The molecular formula is C10H21N3. The van der Waals surface area contributed by atoms with E-state index in [1.165, 1.54) is 32.5 Å². The molecule has 2 unspecified atom stereocenters. The average Bonchev–Trinajstić information content (AvgIpc) is 2.63. The van der Waals surface area contributed by atoms with Crippen LogP contribution in [0, 0.1) is 0 Å². The van der Waals surface area contributed by atoms with Crippen LogP contribution in [0.15, 0.2) is 0 Å². The fourth-order valence-electron chi connectivity index (χ4n) is 2.68. The van der Waals surface area contributed by atoms with E-state index in [0.29, 0.717) is 0 Å². The van der Waals surface area contributed by atoms with E-state index in [9.17, 15) is 0 Å². The highest BCUT2D eigenvalue weighted by molar-refractivity contribution is 4.98. The van der Waals surface area contributed by atoms with Gasteiger partial charge in [0.05, 0.1) is 0 Å². The van der Waals surface area contributed by atoms with Crippen LogP contribution in [0.5, 0.6) is 0 Å². The Bertz CT molecular complexity index is 170. The van der Waals surface area contributed by atoms with Gasteiger partial charge in [-0.15, -0.1) is 0 Å². The van der Waals surface area contributed by atoms with Crippen molar-refractivity contribution in [2.75, 3.05) is 40.3 Å². The van der Waals surface area contributed by atoms with Crippen LogP contribution in [0.3, 0.4) is 0 Å². The van der Waals surface area contributed by atoms with Crippen LogP contribution in [0.25, 0.3) is 0 Å². The van der Waals surface area contributed by atoms with Crippen molar-refractivity contribution in [1.82, 2.24) is 15.1 Å². The highest BCUT2D eigenvalue weighted by Crippen LogP contribution is 2.28. The number of piperazine rings is 1. The third-order valence-electron chi connectivity index (χ3n) is 3.50. The summed E-state index contributed by atoms with van der Waals surface area (Å²) in [4.78, 5) is 5.18. The number of nitrogens with zero attached hydrogens (tertiary/aromatic N) is 2. The van der Waals surface area contributed by atoms with Crippen LogP contribution < -0.4 is 5.32 Å². The minimum Gasteiger partial charge on any atom is -0.320 e. The molecule has 0 amide bonds. The number of likely N-dealkylation sites (N-methyl/N-ethyl adjacent to an activating group) is 1. The summed E-state index contributed by atoms with van der Waals surface area (Å²) < 4.78 is 0. The summed E-state index contributed by atoms with van der Waals surface area (Å²) in [5.41, 5.74) is 0. The molecule has 0 aromatic heterocycles. The largest absolute Gasteiger partial charge is 0.320 e. The Morgan fingerprint density at radius 3 is 2.69 bits per heavy atom. The molecule has 2 bridgehead atoms. The van der Waals surface area contributed by atoms with E-state index in [1.54, 1.807) is 0 Å². The molecule has 2 saturated heterocycles. The van der Waals surface area contributed by atoms with Gasteiger partial charge in [-0.1, -0.05) is 0 Å². The molecule has 0 aliphatic carbocycles. The van der Waals surface area contributed by atoms with Gasteiger partial charge in [-0.05, 0) is 40.0 Å². The number of hydrogen-bond donors (Lipinski definition) is 1. The van der Waals surface area contributed by atoms with Crippen molar-refractivity contribution in [3.05, 3.63) is 0 Å². The molecule has 13 heavy (non-hydrogen) atoms. The molecule has 2 aliphatic heterocycles. The fraction of sp³-hybridized carbons (Fsp3) is 1.00. The highest BCUT2D eigenvalue weighted by Gasteiger charge is 2.40. The van der Waals surface area contributed by atoms with Crippen molar-refractivity contribution >= 4 is 0 Å². The molecule has 0 aromatic rings. The Balaban J connectivity index is 1.73. The molecule has 3 nitrogen and oxygen atoms in total. The molecule has 0 spiro atoms. The molecular weight excluding hydrogens is 162 g/mol. The summed E-state index contributed by atoms with van der Waals surface area (Å²) in [6.45, 7) is 5.05. The fourth-order valence-corrected chi connectivity index (χ4v) is 2.68. The maximum Gasteiger partial charge on any atom is 0.0239 e. The van der Waals surface area contributed by atoms with Crippen LogP contribution in [-0.4, -0.2) is 62.2 Å². The maximum atomic E-state index is 3.21. The van der Waals surface area contributed by atoms with E-state index in [1.807, 2.05) is 7.05 Å². The van der Waals surface area contributed by atoms with Crippen LogP contribution in [0.2, 0.25) is 0 Å². The van der Waals surface area contributed by atoms with Crippen molar-refractivity contribution in [3.63, 3.8) is 0 Å². The minimum absolute atomic E-state index is 0.861. The Kier molecular flexibility index (Phi) is 2.86. The zero-order valence-corrected chi connectivity index (χ0v) is 8.79. The number of hydrogen-bond acceptors (Lipinski definition) is 3. The maximum absolute atomic E-state index is 3.21. The second-order valence-electron chi connectivity index (χ2n) is 4.43. The SMILES string of the molecule is CNCCCN1CC2CC1CN2C. The lowest BCUT2D eigenvalue weighted by atomic mass is 10.2. The predicted octanol–water partition coefficient (Wildman–Crippen LogP) is -0.0158. The quantitative estimate of drug-likeness (QED) is 0.618. The van der Waals surface area contributed by atoms with Gasteiger partial charge >= 0.3 is 0 Å². The van der Waals surface area contributed by atoms with Gasteiger partial charge in [-0.25, -0.2) is 0 Å². The van der Waals surface area contributed by atoms with Gasteiger partial charge < -0.3 is 10.2 Å². The Morgan fingerprint density at radius 2 is 2.15 bits per heavy atom. The van der Waals surface area contributed by atoms with Crippen molar-refractivity contribution < 1.29 is 0 Å². The first-order valence-electron chi connectivity index (χ1n) is 5.40. The molecule has 0 saturated carbocycles. The van der Waals surface area contributed by atoms with E-state index >= 15 is 0 Å². The number of fused-ring (bicyclic) bond motifs is 2. The standard InChI is InChI=1S/C10H21N3/c1-11-4-3-5-13-8-9-6-10(13)7-12(9)2/h9-11H,3-8H2,1-2H3. The Hall–Kier alpha value is -0.120. The van der Waals surface area contributed by atoms with Crippen molar-refractivity contribution in [2.45, 2.75) is 24.9 Å². The highest BCUT2D eigenvalue weighted by atomic mass is 15.3. The molecule has 2 heterocycles. The molecule has 2 rings (SSSR count). The lowest BCUT2D eigenvalue weighted by Gasteiger charge is -2.31. The summed E-state index contributed by atoms with van der Waals surface area (Å²) in [6, 6.07) is 1.73. The van der Waals surface area contributed by atoms with Crippen LogP contribution in [0.4, 0.5) is 0 Å². The number of likely N-dealkylation sites (tertiary alicyclic amines) is 2. The molecule has 0 aromatic carbocycles. The monoisotopic (exact) mass is 183 g/mol. The van der Waals surface area contributed by atoms with Crippen molar-refractivity contribution in [3.8, 4) is 0 Å². The number of rotatable bonds is 4. The van der Waals surface area contributed by atoms with Gasteiger partial charge in [0.2, 0.25) is 0 Å². The molecule has 2 fully saturated rings. The van der Waals surface area contributed by atoms with Gasteiger partial charge in [-0.2, -0.15) is 0 Å². The molecule has 1 N–H and O–H groups in total. The molecule has 76 valence electrons. The predicted molar refractivity (Wildman–Crippen MR) is 54.9 cm³/mol. The van der Waals surface area contributed by atoms with E-state index < -0.39 is 0 Å². The van der Waals surface area contributed by atoms with Gasteiger partial charge in [0.1, 0.15) is 0 Å². The first kappa shape index (κ1) is 9.44. The molecule has 2 atom stereocenters. The second kappa shape index (κ2) is 3.95. The molecule has 3 heteroatoms. The van der Waals surface area contributed by atoms with Crippen LogP contribution in [-0.2, 0) is 0 Å². The Morgan fingerprint density at radius 1 is 1.31 bits per heavy atom. The summed E-state index contributed by atoms with van der Waals surface area (Å²) >= 11 is 0.